The number of aryl methyl sites for hydroxylation is 1. The lowest BCUT2D eigenvalue weighted by molar-refractivity contribution is -0.145. The third-order valence-electron chi connectivity index (χ3n) is 5.47. The molecular formula is C28H25NO5S2. The summed E-state index contributed by atoms with van der Waals surface area (Å²) < 4.78 is 12.0. The number of hydrogen-bond donors (Lipinski definition) is 1. The van der Waals surface area contributed by atoms with E-state index in [1.54, 1.807) is 48.5 Å². The highest BCUT2D eigenvalue weighted by Gasteiger charge is 2.41. The van der Waals surface area contributed by atoms with Crippen molar-refractivity contribution in [3.8, 4) is 11.5 Å². The fourth-order valence-electron chi connectivity index (χ4n) is 3.86. The fraction of sp³-hybridized carbons (Fsp3) is 0.179. The van der Waals surface area contributed by atoms with Gasteiger partial charge in [0.2, 0.25) is 0 Å². The van der Waals surface area contributed by atoms with E-state index in [1.165, 1.54) is 0 Å². The molecule has 0 saturated carbocycles. The maximum atomic E-state index is 13.2. The molecule has 3 aromatic rings. The van der Waals surface area contributed by atoms with E-state index in [0.717, 1.165) is 27.8 Å². The molecule has 1 amide bonds. The van der Waals surface area contributed by atoms with Crippen molar-refractivity contribution in [3.63, 3.8) is 0 Å². The van der Waals surface area contributed by atoms with Crippen molar-refractivity contribution in [2.24, 2.45) is 0 Å². The van der Waals surface area contributed by atoms with E-state index < -0.39 is 17.9 Å². The summed E-state index contributed by atoms with van der Waals surface area (Å²) in [5, 5.41) is 9.86. The van der Waals surface area contributed by atoms with Gasteiger partial charge in [-0.2, -0.15) is 0 Å². The van der Waals surface area contributed by atoms with Gasteiger partial charge in [-0.3, -0.25) is 9.69 Å². The molecule has 36 heavy (non-hydrogen) atoms. The summed E-state index contributed by atoms with van der Waals surface area (Å²) in [5.41, 5.74) is 3.41. The van der Waals surface area contributed by atoms with Crippen molar-refractivity contribution in [1.82, 2.24) is 4.90 Å². The van der Waals surface area contributed by atoms with Gasteiger partial charge in [-0.25, -0.2) is 4.79 Å². The van der Waals surface area contributed by atoms with Gasteiger partial charge in [0.15, 0.2) is 17.5 Å². The average molecular weight is 520 g/mol. The van der Waals surface area contributed by atoms with E-state index in [1.807, 2.05) is 38.1 Å². The van der Waals surface area contributed by atoms with Crippen molar-refractivity contribution >= 4 is 46.3 Å². The number of nitrogens with zero attached hydrogens (tertiary/aromatic N) is 1. The minimum Gasteiger partial charge on any atom is -0.490 e. The zero-order chi connectivity index (χ0) is 25.7. The van der Waals surface area contributed by atoms with Crippen molar-refractivity contribution in [2.45, 2.75) is 26.5 Å². The van der Waals surface area contributed by atoms with E-state index >= 15 is 0 Å². The summed E-state index contributed by atoms with van der Waals surface area (Å²) in [7, 11) is 0. The van der Waals surface area contributed by atoms with Crippen molar-refractivity contribution in [2.75, 3.05) is 6.61 Å². The number of carboxylic acids is 1. The van der Waals surface area contributed by atoms with Gasteiger partial charge in [-0.15, -0.1) is 0 Å². The molecule has 1 N–H and O–H groups in total. The first kappa shape index (κ1) is 25.5. The Morgan fingerprint density at radius 3 is 2.53 bits per heavy atom. The number of thiocarbonyl (C=S) groups is 1. The predicted molar refractivity (Wildman–Crippen MR) is 145 cm³/mol. The zero-order valence-corrected chi connectivity index (χ0v) is 21.5. The molecule has 4 rings (SSSR count). The zero-order valence-electron chi connectivity index (χ0n) is 19.8. The second kappa shape index (κ2) is 11.4. The Kier molecular flexibility index (Phi) is 8.07. The van der Waals surface area contributed by atoms with Gasteiger partial charge in [0.05, 0.1) is 11.5 Å². The molecule has 0 bridgehead atoms. The van der Waals surface area contributed by atoms with Crippen LogP contribution in [0.3, 0.4) is 0 Å². The highest BCUT2D eigenvalue weighted by atomic mass is 32.2. The predicted octanol–water partition coefficient (Wildman–Crippen LogP) is 6.00. The Balaban J connectivity index is 1.57. The SMILES string of the molecule is CCOc1cc(/C=C2/SC(=S)N(C(C(=O)O)c3ccccc3)C2=O)ccc1OCc1cccc(C)c1. The molecular weight excluding hydrogens is 494 g/mol. The molecule has 3 aromatic carbocycles. The highest BCUT2D eigenvalue weighted by molar-refractivity contribution is 8.26. The molecule has 1 atom stereocenters. The molecule has 1 heterocycles. The van der Waals surface area contributed by atoms with Gasteiger partial charge < -0.3 is 14.6 Å². The molecule has 184 valence electrons. The lowest BCUT2D eigenvalue weighted by Gasteiger charge is -2.23. The monoisotopic (exact) mass is 519 g/mol. The van der Waals surface area contributed by atoms with E-state index in [-0.39, 0.29) is 4.32 Å². The summed E-state index contributed by atoms with van der Waals surface area (Å²) in [4.78, 5) is 26.8. The largest absolute Gasteiger partial charge is 0.490 e. The van der Waals surface area contributed by atoms with Crippen LogP contribution in [0.4, 0.5) is 0 Å². The van der Waals surface area contributed by atoms with Crippen LogP contribution >= 0.6 is 24.0 Å². The molecule has 1 aliphatic rings. The van der Waals surface area contributed by atoms with E-state index in [2.05, 4.69) is 6.07 Å². The Morgan fingerprint density at radius 1 is 1.06 bits per heavy atom. The first-order valence-corrected chi connectivity index (χ1v) is 12.6. The molecule has 0 spiro atoms. The number of thioether (sulfide) groups is 1. The number of rotatable bonds is 9. The van der Waals surface area contributed by atoms with Crippen LogP contribution in [0.2, 0.25) is 0 Å². The van der Waals surface area contributed by atoms with Gasteiger partial charge in [0.25, 0.3) is 5.91 Å². The first-order chi connectivity index (χ1) is 17.4. The Bertz CT molecular complexity index is 1320. The summed E-state index contributed by atoms with van der Waals surface area (Å²) >= 11 is 6.49. The molecule has 1 unspecified atom stereocenters. The normalized spacial score (nSPS) is 15.3. The van der Waals surface area contributed by atoms with Crippen LogP contribution in [0, 0.1) is 6.92 Å². The van der Waals surface area contributed by atoms with Crippen molar-refractivity contribution in [3.05, 3.63) is 100.0 Å². The number of carbonyl (C=O) groups is 2. The molecule has 0 aliphatic carbocycles. The first-order valence-electron chi connectivity index (χ1n) is 11.4. The molecule has 0 aromatic heterocycles. The maximum Gasteiger partial charge on any atom is 0.331 e. The molecule has 6 nitrogen and oxygen atoms in total. The second-order valence-electron chi connectivity index (χ2n) is 8.12. The lowest BCUT2D eigenvalue weighted by atomic mass is 10.1. The smallest absolute Gasteiger partial charge is 0.331 e. The number of carbonyl (C=O) groups excluding carboxylic acids is 1. The van der Waals surface area contributed by atoms with Crippen LogP contribution in [0.5, 0.6) is 11.5 Å². The van der Waals surface area contributed by atoms with Gasteiger partial charge in [0, 0.05) is 0 Å². The van der Waals surface area contributed by atoms with Crippen LogP contribution in [0.1, 0.15) is 35.2 Å². The van der Waals surface area contributed by atoms with Crippen molar-refractivity contribution in [1.29, 1.82) is 0 Å². The lowest BCUT2D eigenvalue weighted by Crippen LogP contribution is -2.37. The molecule has 0 radical (unpaired) electrons. The summed E-state index contributed by atoms with van der Waals surface area (Å²) in [6.07, 6.45) is 1.69. The van der Waals surface area contributed by atoms with Crippen LogP contribution in [0.25, 0.3) is 6.08 Å². The minimum atomic E-state index is -1.19. The third kappa shape index (κ3) is 5.78. The van der Waals surface area contributed by atoms with Gasteiger partial charge >= 0.3 is 5.97 Å². The van der Waals surface area contributed by atoms with Gasteiger partial charge in [-0.1, -0.05) is 90.2 Å². The summed E-state index contributed by atoms with van der Waals surface area (Å²) in [5.74, 6) is -0.438. The Hall–Kier alpha value is -3.62. The van der Waals surface area contributed by atoms with Crippen molar-refractivity contribution < 1.29 is 24.2 Å². The Labute approximate surface area is 219 Å². The molecule has 1 fully saturated rings. The second-order valence-corrected chi connectivity index (χ2v) is 9.80. The summed E-state index contributed by atoms with van der Waals surface area (Å²) in [6, 6.07) is 20.9. The Morgan fingerprint density at radius 2 is 1.83 bits per heavy atom. The number of amides is 1. The van der Waals surface area contributed by atoms with E-state index in [4.69, 9.17) is 21.7 Å². The van der Waals surface area contributed by atoms with Gasteiger partial charge in [0.1, 0.15) is 10.9 Å². The minimum absolute atomic E-state index is 0.200. The molecule has 1 saturated heterocycles. The third-order valence-corrected chi connectivity index (χ3v) is 6.80. The molecule has 1 aliphatic heterocycles. The van der Waals surface area contributed by atoms with E-state index in [9.17, 15) is 14.7 Å². The number of aliphatic carboxylic acids is 1. The quantitative estimate of drug-likeness (QED) is 0.274. The number of ether oxygens (including phenoxy) is 2. The average Bonchev–Trinajstić information content (AvgIpc) is 3.12. The van der Waals surface area contributed by atoms with Crippen LogP contribution < -0.4 is 9.47 Å². The number of benzene rings is 3. The van der Waals surface area contributed by atoms with E-state index in [0.29, 0.717) is 40.7 Å². The topological polar surface area (TPSA) is 76.1 Å². The standard InChI is InChI=1S/C28H25NO5S2/c1-3-33-23-15-19(12-13-22(23)34-17-20-9-7-8-18(2)14-20)16-24-26(30)29(28(35)36-24)25(27(31)32)21-10-5-4-6-11-21/h4-16,25H,3,17H2,1-2H3,(H,31,32)/b24-16+. The fourth-order valence-corrected chi connectivity index (χ4v) is 5.17. The van der Waals surface area contributed by atoms with Gasteiger partial charge in [-0.05, 0) is 48.7 Å². The maximum absolute atomic E-state index is 13.2. The van der Waals surface area contributed by atoms with Crippen LogP contribution in [-0.4, -0.2) is 32.8 Å². The molecule has 8 heteroatoms. The highest BCUT2D eigenvalue weighted by Crippen LogP contribution is 2.39. The van der Waals surface area contributed by atoms with Crippen LogP contribution in [-0.2, 0) is 16.2 Å². The number of carboxylic acid groups (broad SMARTS) is 1. The summed E-state index contributed by atoms with van der Waals surface area (Å²) in [6.45, 7) is 4.77. The van der Waals surface area contributed by atoms with Crippen LogP contribution in [0.15, 0.2) is 77.7 Å². The number of hydrogen-bond acceptors (Lipinski definition) is 6.